The molecule has 0 unspecified atom stereocenters. The number of fused-ring (bicyclic) bond motifs is 1. The highest BCUT2D eigenvalue weighted by molar-refractivity contribution is 6.15. The lowest BCUT2D eigenvalue weighted by atomic mass is 9.97. The summed E-state index contributed by atoms with van der Waals surface area (Å²) in [7, 11) is 1.40. The molecule has 0 saturated heterocycles. The topological polar surface area (TPSA) is 96.2 Å². The highest BCUT2D eigenvalue weighted by Crippen LogP contribution is 2.38. The van der Waals surface area contributed by atoms with Crippen LogP contribution in [0.4, 0.5) is 0 Å². The van der Waals surface area contributed by atoms with Crippen LogP contribution in [0.5, 0.6) is 28.7 Å². The summed E-state index contributed by atoms with van der Waals surface area (Å²) in [5, 5.41) is 28.5. The van der Waals surface area contributed by atoms with Gasteiger partial charge >= 0.3 is 0 Å². The van der Waals surface area contributed by atoms with E-state index in [1.54, 1.807) is 12.1 Å². The van der Waals surface area contributed by atoms with Gasteiger partial charge in [0, 0.05) is 17.7 Å². The third-order valence-electron chi connectivity index (χ3n) is 3.51. The van der Waals surface area contributed by atoms with Crippen molar-refractivity contribution in [2.75, 3.05) is 13.7 Å². The number of rotatable bonds is 2. The fraction of sp³-hybridized carbons (Fsp3) is 0.118. The molecule has 0 aliphatic carbocycles. The van der Waals surface area contributed by atoms with E-state index in [9.17, 15) is 20.1 Å². The number of hydrogen-bond acceptors (Lipinski definition) is 6. The number of ether oxygens (including phenoxy) is 2. The number of aromatic hydroxyl groups is 3. The third-order valence-corrected chi connectivity index (χ3v) is 3.51. The van der Waals surface area contributed by atoms with Crippen LogP contribution in [0.3, 0.4) is 0 Å². The number of benzene rings is 2. The average molecular weight is 314 g/mol. The fourth-order valence-corrected chi connectivity index (χ4v) is 2.39. The lowest BCUT2D eigenvalue weighted by molar-refractivity contribution is 0.0997. The summed E-state index contributed by atoms with van der Waals surface area (Å²) in [5.74, 6) is -0.353. The number of hydrogen-bond donors (Lipinski definition) is 3. The Morgan fingerprint density at radius 2 is 1.91 bits per heavy atom. The molecule has 1 aliphatic heterocycles. The van der Waals surface area contributed by atoms with Crippen molar-refractivity contribution in [2.45, 2.75) is 0 Å². The number of phenolic OH excluding ortho intramolecular Hbond substituents is 3. The number of ketones is 1. The zero-order valence-corrected chi connectivity index (χ0v) is 12.2. The summed E-state index contributed by atoms with van der Waals surface area (Å²) in [6, 6.07) is 6.95. The Balaban J connectivity index is 2.03. The van der Waals surface area contributed by atoms with Crippen LogP contribution in [0.25, 0.3) is 6.08 Å². The van der Waals surface area contributed by atoms with Crippen molar-refractivity contribution >= 4 is 11.9 Å². The second-order valence-corrected chi connectivity index (χ2v) is 5.06. The van der Waals surface area contributed by atoms with Crippen molar-refractivity contribution in [2.24, 2.45) is 0 Å². The first kappa shape index (κ1) is 14.8. The molecule has 6 heteroatoms. The van der Waals surface area contributed by atoms with Crippen LogP contribution in [0.1, 0.15) is 15.9 Å². The van der Waals surface area contributed by atoms with Crippen LogP contribution >= 0.6 is 0 Å². The minimum absolute atomic E-state index is 0.0279. The first-order valence-electron chi connectivity index (χ1n) is 6.80. The molecule has 0 saturated carbocycles. The van der Waals surface area contributed by atoms with E-state index in [1.807, 2.05) is 0 Å². The molecule has 2 aromatic carbocycles. The number of phenols is 3. The van der Waals surface area contributed by atoms with Crippen molar-refractivity contribution in [1.82, 2.24) is 0 Å². The Kier molecular flexibility index (Phi) is 3.57. The van der Waals surface area contributed by atoms with E-state index in [-0.39, 0.29) is 46.7 Å². The van der Waals surface area contributed by atoms with Crippen LogP contribution < -0.4 is 9.47 Å². The molecule has 6 nitrogen and oxygen atoms in total. The Hall–Kier alpha value is -3.15. The van der Waals surface area contributed by atoms with Crippen molar-refractivity contribution in [3.8, 4) is 28.7 Å². The Morgan fingerprint density at radius 3 is 2.61 bits per heavy atom. The molecule has 118 valence electrons. The molecular weight excluding hydrogens is 300 g/mol. The second-order valence-electron chi connectivity index (χ2n) is 5.06. The highest BCUT2D eigenvalue weighted by Gasteiger charge is 2.28. The quantitative estimate of drug-likeness (QED) is 0.582. The molecule has 0 aromatic heterocycles. The largest absolute Gasteiger partial charge is 0.508 e. The predicted molar refractivity (Wildman–Crippen MR) is 82.2 cm³/mol. The SMILES string of the molecule is COc1cc(O)cc2c1C(=O)/C(=C/c1ccc(O)c(O)c1)CO2. The summed E-state index contributed by atoms with van der Waals surface area (Å²) in [4.78, 5) is 12.6. The molecular formula is C17H14O6. The monoisotopic (exact) mass is 314 g/mol. The lowest BCUT2D eigenvalue weighted by Crippen LogP contribution is -2.19. The lowest BCUT2D eigenvalue weighted by Gasteiger charge is -2.21. The van der Waals surface area contributed by atoms with Crippen LogP contribution in [0, 0.1) is 0 Å². The number of Topliss-reactive ketones (excluding diaryl/α,β-unsaturated/α-hetero) is 1. The van der Waals surface area contributed by atoms with Gasteiger partial charge in [0.1, 0.15) is 29.4 Å². The normalized spacial score (nSPS) is 15.2. The number of carbonyl (C=O) groups excluding carboxylic acids is 1. The maximum Gasteiger partial charge on any atom is 0.199 e. The molecule has 0 radical (unpaired) electrons. The molecule has 0 bridgehead atoms. The van der Waals surface area contributed by atoms with Gasteiger partial charge in [0.15, 0.2) is 17.3 Å². The van der Waals surface area contributed by atoms with E-state index in [1.165, 1.54) is 31.4 Å². The first-order chi connectivity index (χ1) is 11.0. The van der Waals surface area contributed by atoms with Crippen molar-refractivity contribution in [3.05, 3.63) is 47.0 Å². The van der Waals surface area contributed by atoms with Crippen LogP contribution in [0.2, 0.25) is 0 Å². The minimum Gasteiger partial charge on any atom is -0.508 e. The molecule has 0 atom stereocenters. The third kappa shape index (κ3) is 2.66. The summed E-state index contributed by atoms with van der Waals surface area (Å²) >= 11 is 0. The summed E-state index contributed by atoms with van der Waals surface area (Å²) < 4.78 is 10.7. The molecule has 0 amide bonds. The van der Waals surface area contributed by atoms with E-state index in [0.717, 1.165) is 0 Å². The van der Waals surface area contributed by atoms with Gasteiger partial charge in [-0.2, -0.15) is 0 Å². The van der Waals surface area contributed by atoms with Gasteiger partial charge in [-0.05, 0) is 23.8 Å². The van der Waals surface area contributed by atoms with Crippen molar-refractivity contribution in [3.63, 3.8) is 0 Å². The van der Waals surface area contributed by atoms with Crippen LogP contribution in [0.15, 0.2) is 35.9 Å². The van der Waals surface area contributed by atoms with Crippen molar-refractivity contribution in [1.29, 1.82) is 0 Å². The molecule has 0 spiro atoms. The zero-order valence-electron chi connectivity index (χ0n) is 12.2. The first-order valence-corrected chi connectivity index (χ1v) is 6.80. The van der Waals surface area contributed by atoms with Gasteiger partial charge in [-0.15, -0.1) is 0 Å². The van der Waals surface area contributed by atoms with E-state index in [0.29, 0.717) is 11.1 Å². The molecule has 23 heavy (non-hydrogen) atoms. The van der Waals surface area contributed by atoms with E-state index in [4.69, 9.17) is 9.47 Å². The molecule has 3 rings (SSSR count). The predicted octanol–water partition coefficient (Wildman–Crippen LogP) is 2.47. The highest BCUT2D eigenvalue weighted by atomic mass is 16.5. The summed E-state index contributed by atoms with van der Waals surface area (Å²) in [6.45, 7) is 0.0279. The van der Waals surface area contributed by atoms with Gasteiger partial charge in [-0.25, -0.2) is 0 Å². The maximum absolute atomic E-state index is 12.6. The van der Waals surface area contributed by atoms with Gasteiger partial charge < -0.3 is 24.8 Å². The average Bonchev–Trinajstić information content (AvgIpc) is 2.52. The molecule has 0 fully saturated rings. The van der Waals surface area contributed by atoms with E-state index >= 15 is 0 Å². The molecule has 1 heterocycles. The van der Waals surface area contributed by atoms with Gasteiger partial charge in [0.25, 0.3) is 0 Å². The van der Waals surface area contributed by atoms with E-state index in [2.05, 4.69) is 0 Å². The van der Waals surface area contributed by atoms with Gasteiger partial charge in [-0.3, -0.25) is 4.79 Å². The summed E-state index contributed by atoms with van der Waals surface area (Å²) in [6.07, 6.45) is 1.57. The Morgan fingerprint density at radius 1 is 1.13 bits per heavy atom. The minimum atomic E-state index is -0.282. The fourth-order valence-electron chi connectivity index (χ4n) is 2.39. The van der Waals surface area contributed by atoms with Crippen molar-refractivity contribution < 1.29 is 29.6 Å². The van der Waals surface area contributed by atoms with Crippen LogP contribution in [-0.4, -0.2) is 34.8 Å². The number of carbonyl (C=O) groups is 1. The molecule has 3 N–H and O–H groups in total. The Labute approximate surface area is 131 Å². The van der Waals surface area contributed by atoms with Crippen LogP contribution in [-0.2, 0) is 0 Å². The smallest absolute Gasteiger partial charge is 0.199 e. The second kappa shape index (κ2) is 5.57. The van der Waals surface area contributed by atoms with Gasteiger partial charge in [-0.1, -0.05) is 6.07 Å². The molecule has 2 aromatic rings. The van der Waals surface area contributed by atoms with E-state index < -0.39 is 0 Å². The standard InChI is InChI=1S/C17H14O6/c1-22-14-6-11(18)7-15-16(14)17(21)10(8-23-15)4-9-2-3-12(19)13(20)5-9/h2-7,18-20H,8H2,1H3/b10-4+. The number of methoxy groups -OCH3 is 1. The zero-order chi connectivity index (χ0) is 16.6. The van der Waals surface area contributed by atoms with Gasteiger partial charge in [0.05, 0.1) is 7.11 Å². The maximum atomic E-state index is 12.6. The Bertz CT molecular complexity index is 805. The molecule has 1 aliphatic rings. The van der Waals surface area contributed by atoms with Gasteiger partial charge in [0.2, 0.25) is 0 Å². The summed E-state index contributed by atoms with van der Waals surface area (Å²) in [5.41, 5.74) is 1.16.